The maximum atomic E-state index is 6.34. The van der Waals surface area contributed by atoms with Crippen LogP contribution in [0.3, 0.4) is 0 Å². The van der Waals surface area contributed by atoms with Gasteiger partial charge in [-0.1, -0.05) is 20.3 Å². The molecule has 27 heavy (non-hydrogen) atoms. The number of ether oxygens (including phenoxy) is 2. The quantitative estimate of drug-likeness (QED) is 0.495. The Labute approximate surface area is 169 Å². The predicted octanol–water partition coefficient (Wildman–Crippen LogP) is 5.91. The molecule has 2 rings (SSSR count). The van der Waals surface area contributed by atoms with Crippen LogP contribution in [0.1, 0.15) is 93.9 Å². The Hall–Kier alpha value is -0.120. The summed E-state index contributed by atoms with van der Waals surface area (Å²) < 4.78 is 12.3. The first kappa shape index (κ1) is 23.2. The van der Waals surface area contributed by atoms with Crippen LogP contribution in [0.25, 0.3) is 0 Å². The van der Waals surface area contributed by atoms with Gasteiger partial charge in [0.05, 0.1) is 17.3 Å². The van der Waals surface area contributed by atoms with Crippen molar-refractivity contribution in [2.75, 3.05) is 19.7 Å². The Balaban J connectivity index is 1.69. The number of hydrogen-bond donors (Lipinski definition) is 0. The molecule has 1 aliphatic carbocycles. The molecule has 0 aromatic heterocycles. The van der Waals surface area contributed by atoms with Crippen LogP contribution in [0.2, 0.25) is 0 Å². The normalized spacial score (nSPS) is 33.1. The van der Waals surface area contributed by atoms with E-state index in [0.717, 1.165) is 30.8 Å². The SMILES string of the molecule is CCCC(C)(C)O[C@H]1C[C@H](CN2CCC(CCOC(C)(C)C)C(C)C2C)C1. The molecule has 3 nitrogen and oxygen atoms in total. The van der Waals surface area contributed by atoms with Crippen molar-refractivity contribution in [3.8, 4) is 0 Å². The molecule has 3 unspecified atom stereocenters. The molecule has 0 bridgehead atoms. The van der Waals surface area contributed by atoms with Crippen LogP contribution in [0.5, 0.6) is 0 Å². The predicted molar refractivity (Wildman–Crippen MR) is 115 cm³/mol. The largest absolute Gasteiger partial charge is 0.376 e. The monoisotopic (exact) mass is 381 g/mol. The highest BCUT2D eigenvalue weighted by atomic mass is 16.5. The van der Waals surface area contributed by atoms with E-state index in [-0.39, 0.29) is 11.2 Å². The third-order valence-electron chi connectivity index (χ3n) is 6.91. The van der Waals surface area contributed by atoms with Crippen LogP contribution in [0, 0.1) is 17.8 Å². The Morgan fingerprint density at radius 2 is 1.70 bits per heavy atom. The van der Waals surface area contributed by atoms with Gasteiger partial charge in [-0.15, -0.1) is 0 Å². The molecular weight excluding hydrogens is 334 g/mol. The molecule has 0 aromatic carbocycles. The number of likely N-dealkylation sites (tertiary alicyclic amines) is 1. The van der Waals surface area contributed by atoms with Gasteiger partial charge in [0, 0.05) is 19.2 Å². The molecule has 160 valence electrons. The standard InChI is InChI=1S/C24H47NO2/c1-9-12-24(7,8)27-22-15-20(16-22)17-25-13-10-21(18(2)19(25)3)11-14-26-23(4,5)6/h18-22H,9-17H2,1-8H3/t18?,19?,20-,21?,22-. The highest BCUT2D eigenvalue weighted by Crippen LogP contribution is 2.38. The van der Waals surface area contributed by atoms with Gasteiger partial charge in [0.25, 0.3) is 0 Å². The summed E-state index contributed by atoms with van der Waals surface area (Å²) in [6.45, 7) is 21.5. The lowest BCUT2D eigenvalue weighted by atomic mass is 9.77. The number of rotatable bonds is 9. The van der Waals surface area contributed by atoms with Gasteiger partial charge in [0.1, 0.15) is 0 Å². The van der Waals surface area contributed by atoms with Crippen LogP contribution >= 0.6 is 0 Å². The van der Waals surface area contributed by atoms with Gasteiger partial charge in [-0.25, -0.2) is 0 Å². The summed E-state index contributed by atoms with van der Waals surface area (Å²) in [4.78, 5) is 2.75. The fourth-order valence-corrected chi connectivity index (χ4v) is 5.07. The zero-order valence-electron chi connectivity index (χ0n) is 19.5. The van der Waals surface area contributed by atoms with E-state index >= 15 is 0 Å². The maximum Gasteiger partial charge on any atom is 0.0630 e. The average molecular weight is 382 g/mol. The summed E-state index contributed by atoms with van der Waals surface area (Å²) in [6, 6.07) is 0.690. The molecule has 0 amide bonds. The van der Waals surface area contributed by atoms with E-state index in [2.05, 4.69) is 60.3 Å². The zero-order chi connectivity index (χ0) is 20.2. The van der Waals surface area contributed by atoms with E-state index in [1.807, 2.05) is 0 Å². The van der Waals surface area contributed by atoms with Crippen molar-refractivity contribution >= 4 is 0 Å². The summed E-state index contributed by atoms with van der Waals surface area (Å²) in [6.07, 6.45) is 7.92. The van der Waals surface area contributed by atoms with Crippen molar-refractivity contribution in [2.45, 2.75) is 117 Å². The number of nitrogens with zero attached hydrogens (tertiary/aromatic N) is 1. The molecule has 0 aromatic rings. The third kappa shape index (κ3) is 7.33. The Kier molecular flexibility index (Phi) is 8.22. The average Bonchev–Trinajstić information content (AvgIpc) is 2.50. The highest BCUT2D eigenvalue weighted by Gasteiger charge is 2.38. The fraction of sp³-hybridized carbons (Fsp3) is 1.00. The molecule has 0 radical (unpaired) electrons. The third-order valence-corrected chi connectivity index (χ3v) is 6.91. The summed E-state index contributed by atoms with van der Waals surface area (Å²) in [5.74, 6) is 2.41. The highest BCUT2D eigenvalue weighted by molar-refractivity contribution is 4.90. The van der Waals surface area contributed by atoms with Crippen molar-refractivity contribution in [1.82, 2.24) is 4.90 Å². The molecule has 3 atom stereocenters. The van der Waals surface area contributed by atoms with Crippen LogP contribution in [0.4, 0.5) is 0 Å². The molecular formula is C24H47NO2. The Morgan fingerprint density at radius 1 is 1.04 bits per heavy atom. The molecule has 1 saturated carbocycles. The second-order valence-electron chi connectivity index (χ2n) is 11.0. The maximum absolute atomic E-state index is 6.34. The molecule has 0 N–H and O–H groups in total. The van der Waals surface area contributed by atoms with Crippen LogP contribution < -0.4 is 0 Å². The first-order valence-electron chi connectivity index (χ1n) is 11.6. The van der Waals surface area contributed by atoms with Crippen molar-refractivity contribution in [3.63, 3.8) is 0 Å². The van der Waals surface area contributed by atoms with Crippen molar-refractivity contribution in [3.05, 3.63) is 0 Å². The minimum atomic E-state index is -0.00984. The van der Waals surface area contributed by atoms with E-state index in [1.54, 1.807) is 0 Å². The first-order chi connectivity index (χ1) is 12.5. The van der Waals surface area contributed by atoms with E-state index in [4.69, 9.17) is 9.47 Å². The van der Waals surface area contributed by atoms with Gasteiger partial charge in [0.15, 0.2) is 0 Å². The second kappa shape index (κ2) is 9.59. The van der Waals surface area contributed by atoms with Crippen LogP contribution in [0.15, 0.2) is 0 Å². The van der Waals surface area contributed by atoms with E-state index in [9.17, 15) is 0 Å². The minimum absolute atomic E-state index is 0.00984. The number of hydrogen-bond acceptors (Lipinski definition) is 3. The smallest absolute Gasteiger partial charge is 0.0630 e. The summed E-state index contributed by atoms with van der Waals surface area (Å²) in [5.41, 5.74) is 0.0454. The van der Waals surface area contributed by atoms with Gasteiger partial charge in [0.2, 0.25) is 0 Å². The van der Waals surface area contributed by atoms with E-state index < -0.39 is 0 Å². The Morgan fingerprint density at radius 3 is 2.30 bits per heavy atom. The number of piperidine rings is 1. The molecule has 0 spiro atoms. The van der Waals surface area contributed by atoms with E-state index in [0.29, 0.717) is 12.1 Å². The molecule has 1 saturated heterocycles. The first-order valence-corrected chi connectivity index (χ1v) is 11.6. The lowest BCUT2D eigenvalue weighted by molar-refractivity contribution is -0.130. The van der Waals surface area contributed by atoms with Crippen molar-refractivity contribution in [2.24, 2.45) is 17.8 Å². The van der Waals surface area contributed by atoms with Gasteiger partial charge in [-0.3, -0.25) is 0 Å². The van der Waals surface area contributed by atoms with Crippen molar-refractivity contribution < 1.29 is 9.47 Å². The Bertz CT molecular complexity index is 436. The summed E-state index contributed by atoms with van der Waals surface area (Å²) in [5, 5.41) is 0. The van der Waals surface area contributed by atoms with Crippen LogP contribution in [-0.2, 0) is 9.47 Å². The summed E-state index contributed by atoms with van der Waals surface area (Å²) in [7, 11) is 0. The second-order valence-corrected chi connectivity index (χ2v) is 11.0. The summed E-state index contributed by atoms with van der Waals surface area (Å²) >= 11 is 0. The van der Waals surface area contributed by atoms with Gasteiger partial charge < -0.3 is 14.4 Å². The minimum Gasteiger partial charge on any atom is -0.376 e. The topological polar surface area (TPSA) is 21.7 Å². The lowest BCUT2D eigenvalue weighted by Gasteiger charge is -2.47. The van der Waals surface area contributed by atoms with Crippen molar-refractivity contribution in [1.29, 1.82) is 0 Å². The van der Waals surface area contributed by atoms with Crippen LogP contribution in [-0.4, -0.2) is 47.9 Å². The van der Waals surface area contributed by atoms with E-state index in [1.165, 1.54) is 45.2 Å². The van der Waals surface area contributed by atoms with Gasteiger partial charge in [-0.2, -0.15) is 0 Å². The molecule has 1 heterocycles. The molecule has 1 aliphatic heterocycles. The zero-order valence-corrected chi connectivity index (χ0v) is 19.5. The molecule has 2 aliphatic rings. The van der Waals surface area contributed by atoms with Gasteiger partial charge >= 0.3 is 0 Å². The lowest BCUT2D eigenvalue weighted by Crippen LogP contribution is -2.51. The van der Waals surface area contributed by atoms with Gasteiger partial charge in [-0.05, 0) is 97.9 Å². The molecule has 2 fully saturated rings. The molecule has 3 heteroatoms. The fourth-order valence-electron chi connectivity index (χ4n) is 5.07.